The molecule has 1 aliphatic rings. The summed E-state index contributed by atoms with van der Waals surface area (Å²) in [6.07, 6.45) is 0.268. The quantitative estimate of drug-likeness (QED) is 0.912. The molecule has 0 saturated carbocycles. The summed E-state index contributed by atoms with van der Waals surface area (Å²) in [7, 11) is 0. The zero-order chi connectivity index (χ0) is 12.4. The van der Waals surface area contributed by atoms with Gasteiger partial charge in [-0.05, 0) is 29.8 Å². The predicted molar refractivity (Wildman–Crippen MR) is 78.7 cm³/mol. The summed E-state index contributed by atoms with van der Waals surface area (Å²) in [5.74, 6) is 0. The minimum absolute atomic E-state index is 0.268. The van der Waals surface area contributed by atoms with Gasteiger partial charge in [-0.2, -0.15) is 0 Å². The second-order valence-corrected chi connectivity index (χ2v) is 5.36. The minimum atomic E-state index is 0.268. The average Bonchev–Trinajstić information content (AvgIpc) is 2.89. The maximum atomic E-state index is 3.55. The van der Waals surface area contributed by atoms with Gasteiger partial charge in [-0.3, -0.25) is 5.32 Å². The molecule has 18 heavy (non-hydrogen) atoms. The Hall–Kier alpha value is -1.32. The number of anilines is 1. The van der Waals surface area contributed by atoms with E-state index in [-0.39, 0.29) is 6.17 Å². The Labute approximate surface area is 116 Å². The van der Waals surface area contributed by atoms with Crippen LogP contribution in [-0.2, 0) is 0 Å². The Morgan fingerprint density at radius 1 is 1.06 bits per heavy atom. The third-order valence-electron chi connectivity index (χ3n) is 3.25. The van der Waals surface area contributed by atoms with Crippen molar-refractivity contribution in [1.29, 1.82) is 0 Å². The fraction of sp³-hybridized carbons (Fsp3) is 0.200. The largest absolute Gasteiger partial charge is 0.351 e. The molecule has 2 nitrogen and oxygen atoms in total. The first-order valence-electron chi connectivity index (χ1n) is 6.15. The van der Waals surface area contributed by atoms with E-state index in [9.17, 15) is 0 Å². The molecule has 1 aliphatic heterocycles. The molecule has 1 fully saturated rings. The first kappa shape index (κ1) is 11.8. The fourth-order valence-corrected chi connectivity index (χ4v) is 2.85. The zero-order valence-corrected chi connectivity index (χ0v) is 11.6. The van der Waals surface area contributed by atoms with E-state index in [1.807, 2.05) is 0 Å². The van der Waals surface area contributed by atoms with E-state index in [0.717, 1.165) is 17.6 Å². The lowest BCUT2D eigenvalue weighted by molar-refractivity contribution is 0.644. The molecule has 0 bridgehead atoms. The van der Waals surface area contributed by atoms with Crippen LogP contribution in [0.15, 0.2) is 59.1 Å². The highest BCUT2D eigenvalue weighted by atomic mass is 79.9. The van der Waals surface area contributed by atoms with Crippen molar-refractivity contribution in [3.63, 3.8) is 0 Å². The number of para-hydroxylation sites is 1. The normalized spacial score (nSPS) is 19.2. The molecule has 0 aliphatic carbocycles. The van der Waals surface area contributed by atoms with Gasteiger partial charge in [0.1, 0.15) is 6.17 Å². The molecule has 1 saturated heterocycles. The topological polar surface area (TPSA) is 15.3 Å². The molecule has 1 heterocycles. The van der Waals surface area contributed by atoms with E-state index in [0.29, 0.717) is 0 Å². The minimum Gasteiger partial charge on any atom is -0.351 e. The number of rotatable bonds is 2. The van der Waals surface area contributed by atoms with Gasteiger partial charge in [-0.25, -0.2) is 0 Å². The molecular formula is C15H15BrN2. The van der Waals surface area contributed by atoms with Crippen molar-refractivity contribution in [2.45, 2.75) is 6.17 Å². The van der Waals surface area contributed by atoms with E-state index < -0.39 is 0 Å². The van der Waals surface area contributed by atoms with Crippen molar-refractivity contribution in [3.05, 3.63) is 64.6 Å². The second kappa shape index (κ2) is 5.12. The van der Waals surface area contributed by atoms with Crippen molar-refractivity contribution < 1.29 is 0 Å². The van der Waals surface area contributed by atoms with Crippen LogP contribution in [0.1, 0.15) is 11.7 Å². The van der Waals surface area contributed by atoms with Crippen LogP contribution in [0.5, 0.6) is 0 Å². The van der Waals surface area contributed by atoms with Crippen molar-refractivity contribution in [3.8, 4) is 0 Å². The Morgan fingerprint density at radius 3 is 2.67 bits per heavy atom. The lowest BCUT2D eigenvalue weighted by Crippen LogP contribution is -2.27. The third kappa shape index (κ3) is 2.28. The number of benzene rings is 2. The van der Waals surface area contributed by atoms with Crippen molar-refractivity contribution in [2.75, 3.05) is 18.0 Å². The number of nitrogens with one attached hydrogen (secondary N) is 1. The molecule has 0 radical (unpaired) electrons. The van der Waals surface area contributed by atoms with Gasteiger partial charge < -0.3 is 4.90 Å². The molecule has 2 aromatic rings. The summed E-state index contributed by atoms with van der Waals surface area (Å²) in [5, 5.41) is 3.55. The van der Waals surface area contributed by atoms with Crippen molar-refractivity contribution >= 4 is 21.6 Å². The predicted octanol–water partition coefficient (Wildman–Crippen LogP) is 3.56. The zero-order valence-electron chi connectivity index (χ0n) is 10.0. The molecule has 0 spiro atoms. The number of hydrogen-bond acceptors (Lipinski definition) is 2. The van der Waals surface area contributed by atoms with E-state index in [4.69, 9.17) is 0 Å². The summed E-state index contributed by atoms with van der Waals surface area (Å²) < 4.78 is 1.13. The van der Waals surface area contributed by atoms with Gasteiger partial charge in [-0.15, -0.1) is 0 Å². The Kier molecular flexibility index (Phi) is 3.35. The van der Waals surface area contributed by atoms with Crippen LogP contribution < -0.4 is 10.2 Å². The van der Waals surface area contributed by atoms with Crippen LogP contribution in [0.25, 0.3) is 0 Å². The van der Waals surface area contributed by atoms with Crippen molar-refractivity contribution in [2.24, 2.45) is 0 Å². The first-order chi connectivity index (χ1) is 8.84. The van der Waals surface area contributed by atoms with E-state index >= 15 is 0 Å². The lowest BCUT2D eigenvalue weighted by atomic mass is 10.1. The van der Waals surface area contributed by atoms with Gasteiger partial charge in [0.05, 0.1) is 0 Å². The molecular weight excluding hydrogens is 288 g/mol. The van der Waals surface area contributed by atoms with Gasteiger partial charge in [0.2, 0.25) is 0 Å². The van der Waals surface area contributed by atoms with Crippen LogP contribution in [0.2, 0.25) is 0 Å². The Balaban J connectivity index is 1.92. The molecule has 1 N–H and O–H groups in total. The maximum Gasteiger partial charge on any atom is 0.106 e. The Morgan fingerprint density at radius 2 is 1.89 bits per heavy atom. The standard InChI is InChI=1S/C15H15BrN2/c16-13-6-4-5-12(11-13)15-17-9-10-18(15)14-7-2-1-3-8-14/h1-8,11,15,17H,9-10H2. The summed E-state index contributed by atoms with van der Waals surface area (Å²) >= 11 is 3.54. The van der Waals surface area contributed by atoms with Crippen LogP contribution >= 0.6 is 15.9 Å². The Bertz CT molecular complexity index is 527. The molecule has 92 valence electrons. The summed E-state index contributed by atoms with van der Waals surface area (Å²) in [6.45, 7) is 2.06. The first-order valence-corrected chi connectivity index (χ1v) is 6.94. The number of hydrogen-bond donors (Lipinski definition) is 1. The number of nitrogens with zero attached hydrogens (tertiary/aromatic N) is 1. The van der Waals surface area contributed by atoms with E-state index in [1.165, 1.54) is 11.3 Å². The van der Waals surface area contributed by atoms with Crippen molar-refractivity contribution in [1.82, 2.24) is 5.32 Å². The smallest absolute Gasteiger partial charge is 0.106 e. The van der Waals surface area contributed by atoms with Crippen LogP contribution in [-0.4, -0.2) is 13.1 Å². The molecule has 1 unspecified atom stereocenters. The van der Waals surface area contributed by atoms with Gasteiger partial charge >= 0.3 is 0 Å². The summed E-state index contributed by atoms with van der Waals surface area (Å²) in [4.78, 5) is 2.40. The number of halogens is 1. The van der Waals surface area contributed by atoms with Gasteiger partial charge in [-0.1, -0.05) is 46.3 Å². The van der Waals surface area contributed by atoms with Gasteiger partial charge in [0.25, 0.3) is 0 Å². The van der Waals surface area contributed by atoms with Gasteiger partial charge in [0, 0.05) is 23.2 Å². The monoisotopic (exact) mass is 302 g/mol. The molecule has 3 heteroatoms. The van der Waals surface area contributed by atoms with Crippen LogP contribution in [0, 0.1) is 0 Å². The highest BCUT2D eigenvalue weighted by Crippen LogP contribution is 2.29. The third-order valence-corrected chi connectivity index (χ3v) is 3.75. The highest BCUT2D eigenvalue weighted by Gasteiger charge is 2.25. The SMILES string of the molecule is Brc1cccc(C2NCCN2c2ccccc2)c1. The maximum absolute atomic E-state index is 3.55. The molecule has 0 amide bonds. The van der Waals surface area contributed by atoms with Crippen LogP contribution in [0.3, 0.4) is 0 Å². The molecule has 1 atom stereocenters. The van der Waals surface area contributed by atoms with E-state index in [2.05, 4.69) is 80.7 Å². The molecule has 2 aromatic carbocycles. The summed E-state index contributed by atoms with van der Waals surface area (Å²) in [6, 6.07) is 19.1. The lowest BCUT2D eigenvalue weighted by Gasteiger charge is -2.26. The van der Waals surface area contributed by atoms with Crippen LogP contribution in [0.4, 0.5) is 5.69 Å². The highest BCUT2D eigenvalue weighted by molar-refractivity contribution is 9.10. The fourth-order valence-electron chi connectivity index (χ4n) is 2.43. The molecule has 3 rings (SSSR count). The molecule has 0 aromatic heterocycles. The second-order valence-electron chi connectivity index (χ2n) is 4.44. The van der Waals surface area contributed by atoms with E-state index in [1.54, 1.807) is 0 Å². The van der Waals surface area contributed by atoms with Gasteiger partial charge in [0.15, 0.2) is 0 Å². The average molecular weight is 303 g/mol. The summed E-state index contributed by atoms with van der Waals surface area (Å²) in [5.41, 5.74) is 2.57.